The molecule has 0 aliphatic rings. The average molecular weight is 239 g/mol. The molecule has 0 saturated carbocycles. The third-order valence-corrected chi connectivity index (χ3v) is 2.38. The van der Waals surface area contributed by atoms with E-state index in [4.69, 9.17) is 20.3 Å². The minimum absolute atomic E-state index is 0.0372. The van der Waals surface area contributed by atoms with Crippen LogP contribution in [0.15, 0.2) is 18.2 Å². The van der Waals surface area contributed by atoms with Crippen molar-refractivity contribution in [3.63, 3.8) is 0 Å². The van der Waals surface area contributed by atoms with E-state index >= 15 is 0 Å². The van der Waals surface area contributed by atoms with Crippen molar-refractivity contribution in [3.05, 3.63) is 29.3 Å². The molecular formula is C13H21NO3. The zero-order valence-corrected chi connectivity index (χ0v) is 10.5. The van der Waals surface area contributed by atoms with Crippen LogP contribution in [0.4, 0.5) is 0 Å². The van der Waals surface area contributed by atoms with Gasteiger partial charge >= 0.3 is 0 Å². The first-order valence-electron chi connectivity index (χ1n) is 5.82. The van der Waals surface area contributed by atoms with Crippen molar-refractivity contribution >= 4 is 0 Å². The molecule has 0 saturated heterocycles. The summed E-state index contributed by atoms with van der Waals surface area (Å²) in [5.74, 6) is 0.813. The van der Waals surface area contributed by atoms with E-state index in [1.165, 1.54) is 0 Å². The molecule has 0 aliphatic heterocycles. The Labute approximate surface area is 102 Å². The van der Waals surface area contributed by atoms with Gasteiger partial charge in [0.15, 0.2) is 0 Å². The Morgan fingerprint density at radius 1 is 1.29 bits per heavy atom. The van der Waals surface area contributed by atoms with E-state index in [1.807, 2.05) is 32.0 Å². The second kappa shape index (κ2) is 7.27. The van der Waals surface area contributed by atoms with Crippen molar-refractivity contribution in [2.45, 2.75) is 19.9 Å². The fraction of sp³-hybridized carbons (Fsp3) is 0.538. The first-order chi connectivity index (χ1) is 8.15. The summed E-state index contributed by atoms with van der Waals surface area (Å²) in [7, 11) is 0. The predicted octanol–water partition coefficient (Wildman–Crippen LogP) is 1.40. The summed E-state index contributed by atoms with van der Waals surface area (Å²) in [5.41, 5.74) is 8.01. The average Bonchev–Trinajstić information content (AvgIpc) is 2.28. The van der Waals surface area contributed by atoms with E-state index in [0.29, 0.717) is 19.8 Å². The molecular weight excluding hydrogens is 218 g/mol. The summed E-state index contributed by atoms with van der Waals surface area (Å²) in [6.07, 6.45) is 0. The Bertz CT molecular complexity index is 339. The van der Waals surface area contributed by atoms with E-state index < -0.39 is 0 Å². The Hall–Kier alpha value is -1.10. The molecule has 4 nitrogen and oxygen atoms in total. The van der Waals surface area contributed by atoms with Crippen LogP contribution >= 0.6 is 0 Å². The standard InChI is InChI=1S/C13H21NO3/c1-10-3-4-12(11(2)14)13(9-10)17-8-7-16-6-5-15/h3-4,9,11,15H,5-8,14H2,1-2H3/t11-/m0/s1. The number of aryl methyl sites for hydroxylation is 1. The van der Waals surface area contributed by atoms with Crippen LogP contribution in [0.25, 0.3) is 0 Å². The number of nitrogens with two attached hydrogens (primary N) is 1. The van der Waals surface area contributed by atoms with Crippen LogP contribution in [0.5, 0.6) is 5.75 Å². The van der Waals surface area contributed by atoms with Gasteiger partial charge in [-0.25, -0.2) is 0 Å². The molecule has 0 aromatic heterocycles. The van der Waals surface area contributed by atoms with Crippen LogP contribution in [0.3, 0.4) is 0 Å². The largest absolute Gasteiger partial charge is 0.491 e. The maximum Gasteiger partial charge on any atom is 0.124 e. The third kappa shape index (κ3) is 4.73. The van der Waals surface area contributed by atoms with Gasteiger partial charge in [-0.05, 0) is 25.5 Å². The zero-order chi connectivity index (χ0) is 12.7. The molecule has 0 radical (unpaired) electrons. The van der Waals surface area contributed by atoms with Gasteiger partial charge in [0.25, 0.3) is 0 Å². The monoisotopic (exact) mass is 239 g/mol. The predicted molar refractivity (Wildman–Crippen MR) is 67.2 cm³/mol. The highest BCUT2D eigenvalue weighted by Gasteiger charge is 2.08. The number of rotatable bonds is 7. The molecule has 0 heterocycles. The van der Waals surface area contributed by atoms with Gasteiger partial charge in [-0.1, -0.05) is 12.1 Å². The van der Waals surface area contributed by atoms with E-state index in [-0.39, 0.29) is 12.6 Å². The summed E-state index contributed by atoms with van der Waals surface area (Å²) in [5, 5.41) is 8.55. The van der Waals surface area contributed by atoms with Crippen LogP contribution in [-0.4, -0.2) is 31.5 Å². The number of hydrogen-bond donors (Lipinski definition) is 2. The number of aliphatic hydroxyl groups excluding tert-OH is 1. The van der Waals surface area contributed by atoms with Crippen LogP contribution in [0, 0.1) is 6.92 Å². The lowest BCUT2D eigenvalue weighted by Crippen LogP contribution is -2.12. The molecule has 0 aliphatic carbocycles. The van der Waals surface area contributed by atoms with E-state index in [9.17, 15) is 0 Å². The second-order valence-corrected chi connectivity index (χ2v) is 4.01. The third-order valence-electron chi connectivity index (χ3n) is 2.38. The molecule has 1 rings (SSSR count). The first-order valence-corrected chi connectivity index (χ1v) is 5.82. The SMILES string of the molecule is Cc1ccc([C@H](C)N)c(OCCOCCO)c1. The molecule has 0 spiro atoms. The van der Waals surface area contributed by atoms with Crippen LogP contribution in [-0.2, 0) is 4.74 Å². The smallest absolute Gasteiger partial charge is 0.124 e. The van der Waals surface area contributed by atoms with Gasteiger partial charge in [-0.3, -0.25) is 0 Å². The van der Waals surface area contributed by atoms with Crippen molar-refractivity contribution in [3.8, 4) is 5.75 Å². The molecule has 0 unspecified atom stereocenters. The summed E-state index contributed by atoms with van der Waals surface area (Å²) in [4.78, 5) is 0. The minimum Gasteiger partial charge on any atom is -0.491 e. The van der Waals surface area contributed by atoms with Gasteiger partial charge in [0.05, 0.1) is 19.8 Å². The maximum atomic E-state index is 8.55. The molecule has 3 N–H and O–H groups in total. The normalized spacial score (nSPS) is 12.5. The van der Waals surface area contributed by atoms with Gasteiger partial charge in [0, 0.05) is 11.6 Å². The maximum absolute atomic E-state index is 8.55. The Morgan fingerprint density at radius 2 is 2.06 bits per heavy atom. The molecule has 0 amide bonds. The highest BCUT2D eigenvalue weighted by atomic mass is 16.5. The lowest BCUT2D eigenvalue weighted by atomic mass is 10.1. The van der Waals surface area contributed by atoms with Crippen molar-refractivity contribution in [1.29, 1.82) is 0 Å². The zero-order valence-electron chi connectivity index (χ0n) is 10.5. The van der Waals surface area contributed by atoms with Crippen LogP contribution in [0.1, 0.15) is 24.1 Å². The highest BCUT2D eigenvalue weighted by molar-refractivity contribution is 5.38. The van der Waals surface area contributed by atoms with Gasteiger partial charge in [-0.15, -0.1) is 0 Å². The van der Waals surface area contributed by atoms with Gasteiger partial charge < -0.3 is 20.3 Å². The Balaban J connectivity index is 2.53. The molecule has 0 bridgehead atoms. The highest BCUT2D eigenvalue weighted by Crippen LogP contribution is 2.24. The van der Waals surface area contributed by atoms with E-state index in [1.54, 1.807) is 0 Å². The summed E-state index contributed by atoms with van der Waals surface area (Å²) in [6, 6.07) is 5.94. The van der Waals surface area contributed by atoms with E-state index in [0.717, 1.165) is 16.9 Å². The summed E-state index contributed by atoms with van der Waals surface area (Å²) < 4.78 is 10.8. The lowest BCUT2D eigenvalue weighted by molar-refractivity contribution is 0.0702. The molecule has 17 heavy (non-hydrogen) atoms. The van der Waals surface area contributed by atoms with Gasteiger partial charge in [0.2, 0.25) is 0 Å². The number of aliphatic hydroxyl groups is 1. The quantitative estimate of drug-likeness (QED) is 0.706. The minimum atomic E-state index is -0.0519. The molecule has 96 valence electrons. The fourth-order valence-corrected chi connectivity index (χ4v) is 1.52. The van der Waals surface area contributed by atoms with Crippen molar-refractivity contribution in [2.24, 2.45) is 5.73 Å². The topological polar surface area (TPSA) is 64.7 Å². The summed E-state index contributed by atoms with van der Waals surface area (Å²) >= 11 is 0. The van der Waals surface area contributed by atoms with Gasteiger partial charge in [-0.2, -0.15) is 0 Å². The number of benzene rings is 1. The summed E-state index contributed by atoms with van der Waals surface area (Å²) in [6.45, 7) is 5.25. The van der Waals surface area contributed by atoms with E-state index in [2.05, 4.69) is 0 Å². The first kappa shape index (κ1) is 14.0. The van der Waals surface area contributed by atoms with Crippen molar-refractivity contribution in [2.75, 3.05) is 26.4 Å². The number of ether oxygens (including phenoxy) is 2. The van der Waals surface area contributed by atoms with Crippen molar-refractivity contribution < 1.29 is 14.6 Å². The van der Waals surface area contributed by atoms with Gasteiger partial charge in [0.1, 0.15) is 12.4 Å². The van der Waals surface area contributed by atoms with Crippen molar-refractivity contribution in [1.82, 2.24) is 0 Å². The van der Waals surface area contributed by atoms with Crippen LogP contribution in [0.2, 0.25) is 0 Å². The second-order valence-electron chi connectivity index (χ2n) is 4.01. The molecule has 1 atom stereocenters. The van der Waals surface area contributed by atoms with Crippen LogP contribution < -0.4 is 10.5 Å². The molecule has 0 fully saturated rings. The molecule has 1 aromatic rings. The lowest BCUT2D eigenvalue weighted by Gasteiger charge is -2.14. The fourth-order valence-electron chi connectivity index (χ4n) is 1.52. The molecule has 4 heteroatoms. The Morgan fingerprint density at radius 3 is 2.71 bits per heavy atom. The molecule has 1 aromatic carbocycles. The number of hydrogen-bond acceptors (Lipinski definition) is 4. The Kier molecular flexibility index (Phi) is 5.97.